The molecule has 0 aliphatic carbocycles. The lowest BCUT2D eigenvalue weighted by Crippen LogP contribution is -2.08. The first kappa shape index (κ1) is 12.9. The quantitative estimate of drug-likeness (QED) is 0.752. The second kappa shape index (κ2) is 5.41. The van der Waals surface area contributed by atoms with Gasteiger partial charge in [0.1, 0.15) is 0 Å². The molecule has 94 valence electrons. The second-order valence-corrected chi connectivity index (χ2v) is 6.18. The third-order valence-corrected chi connectivity index (χ3v) is 4.02. The van der Waals surface area contributed by atoms with Crippen molar-refractivity contribution in [2.24, 2.45) is 0 Å². The van der Waals surface area contributed by atoms with Crippen molar-refractivity contribution in [3.05, 3.63) is 44.6 Å². The smallest absolute Gasteiger partial charge is 0.337 e. The van der Waals surface area contributed by atoms with Crippen LogP contribution in [0.1, 0.15) is 15.2 Å². The largest absolute Gasteiger partial charge is 0.478 e. The van der Waals surface area contributed by atoms with Gasteiger partial charge in [0.05, 0.1) is 20.7 Å². The highest BCUT2D eigenvalue weighted by atomic mass is 79.9. The van der Waals surface area contributed by atoms with E-state index in [0.717, 1.165) is 8.66 Å². The summed E-state index contributed by atoms with van der Waals surface area (Å²) in [5.41, 5.74) is 6.89. The van der Waals surface area contributed by atoms with Crippen LogP contribution in [-0.2, 0) is 6.54 Å². The Hall–Kier alpha value is -1.53. The lowest BCUT2D eigenvalue weighted by atomic mass is 10.1. The molecule has 0 saturated carbocycles. The molecule has 2 rings (SSSR count). The number of benzene rings is 1. The van der Waals surface area contributed by atoms with Gasteiger partial charge in [-0.1, -0.05) is 6.07 Å². The van der Waals surface area contributed by atoms with Gasteiger partial charge in [-0.25, -0.2) is 4.79 Å². The zero-order valence-electron chi connectivity index (χ0n) is 9.31. The molecule has 0 amide bonds. The summed E-state index contributed by atoms with van der Waals surface area (Å²) in [5, 5.41) is 12.2. The van der Waals surface area contributed by atoms with Gasteiger partial charge in [0.25, 0.3) is 0 Å². The van der Waals surface area contributed by atoms with E-state index in [9.17, 15) is 4.79 Å². The highest BCUT2D eigenvalue weighted by Gasteiger charge is 2.12. The van der Waals surface area contributed by atoms with Crippen LogP contribution in [0.3, 0.4) is 0 Å². The molecule has 4 nitrogen and oxygen atoms in total. The standard InChI is InChI=1S/C12H11BrN2O2S/c13-10-5-4-7(18-10)6-15-11-8(12(16)17)2-1-3-9(11)14/h1-5,15H,6,14H2,(H,16,17). The topological polar surface area (TPSA) is 75.4 Å². The third-order valence-electron chi connectivity index (χ3n) is 2.40. The molecule has 0 aliphatic rings. The maximum absolute atomic E-state index is 11.1. The molecule has 1 heterocycles. The number of para-hydroxylation sites is 1. The average Bonchev–Trinajstić information content (AvgIpc) is 2.73. The highest BCUT2D eigenvalue weighted by molar-refractivity contribution is 9.11. The minimum Gasteiger partial charge on any atom is -0.478 e. The lowest BCUT2D eigenvalue weighted by Gasteiger charge is -2.11. The van der Waals surface area contributed by atoms with E-state index in [4.69, 9.17) is 10.8 Å². The van der Waals surface area contributed by atoms with E-state index in [1.54, 1.807) is 23.5 Å². The van der Waals surface area contributed by atoms with Gasteiger partial charge < -0.3 is 16.2 Å². The minimum atomic E-state index is -0.989. The molecule has 4 N–H and O–H groups in total. The number of thiophene rings is 1. The van der Waals surface area contributed by atoms with E-state index in [1.165, 1.54) is 6.07 Å². The van der Waals surface area contributed by atoms with Crippen molar-refractivity contribution in [2.75, 3.05) is 11.1 Å². The van der Waals surface area contributed by atoms with E-state index in [0.29, 0.717) is 17.9 Å². The molecule has 0 radical (unpaired) electrons. The van der Waals surface area contributed by atoms with Crippen molar-refractivity contribution in [2.45, 2.75) is 6.54 Å². The molecule has 0 atom stereocenters. The molecule has 2 aromatic rings. The van der Waals surface area contributed by atoms with Gasteiger partial charge in [-0.05, 0) is 40.2 Å². The van der Waals surface area contributed by atoms with Crippen LogP contribution in [0.15, 0.2) is 34.1 Å². The number of carbonyl (C=O) groups is 1. The van der Waals surface area contributed by atoms with Gasteiger partial charge in [-0.2, -0.15) is 0 Å². The predicted molar refractivity (Wildman–Crippen MR) is 77.2 cm³/mol. The van der Waals surface area contributed by atoms with Crippen LogP contribution in [0, 0.1) is 0 Å². The van der Waals surface area contributed by atoms with Gasteiger partial charge >= 0.3 is 5.97 Å². The summed E-state index contributed by atoms with van der Waals surface area (Å²) >= 11 is 4.98. The average molecular weight is 327 g/mol. The first-order valence-corrected chi connectivity index (χ1v) is 6.78. The van der Waals surface area contributed by atoms with Crippen LogP contribution in [-0.4, -0.2) is 11.1 Å². The van der Waals surface area contributed by atoms with E-state index < -0.39 is 5.97 Å². The number of aromatic carboxylic acids is 1. The predicted octanol–water partition coefficient (Wildman–Crippen LogP) is 3.40. The second-order valence-electron chi connectivity index (χ2n) is 3.63. The number of nitrogens with one attached hydrogen (secondary N) is 1. The van der Waals surface area contributed by atoms with Crippen LogP contribution >= 0.6 is 27.3 Å². The zero-order chi connectivity index (χ0) is 13.1. The van der Waals surface area contributed by atoms with E-state index >= 15 is 0 Å². The molecule has 0 fully saturated rings. The summed E-state index contributed by atoms with van der Waals surface area (Å²) in [4.78, 5) is 12.2. The molecule has 1 aromatic carbocycles. The molecule has 18 heavy (non-hydrogen) atoms. The molecule has 0 bridgehead atoms. The molecular weight excluding hydrogens is 316 g/mol. The Morgan fingerprint density at radius 1 is 1.39 bits per heavy atom. The molecule has 0 spiro atoms. The Kier molecular flexibility index (Phi) is 3.88. The number of rotatable bonds is 4. The zero-order valence-corrected chi connectivity index (χ0v) is 11.7. The number of halogens is 1. The molecule has 0 aliphatic heterocycles. The summed E-state index contributed by atoms with van der Waals surface area (Å²) in [6.45, 7) is 0.546. The highest BCUT2D eigenvalue weighted by Crippen LogP contribution is 2.26. The number of nitrogens with two attached hydrogens (primary N) is 1. The third kappa shape index (κ3) is 2.83. The first-order valence-electron chi connectivity index (χ1n) is 5.18. The molecule has 6 heteroatoms. The summed E-state index contributed by atoms with van der Waals surface area (Å²) in [6.07, 6.45) is 0. The van der Waals surface area contributed by atoms with E-state index in [-0.39, 0.29) is 5.56 Å². The van der Waals surface area contributed by atoms with Crippen molar-refractivity contribution in [1.29, 1.82) is 0 Å². The molecular formula is C12H11BrN2O2S. The summed E-state index contributed by atoms with van der Waals surface area (Å²) in [7, 11) is 0. The van der Waals surface area contributed by atoms with Crippen LogP contribution in [0.25, 0.3) is 0 Å². The van der Waals surface area contributed by atoms with Crippen LogP contribution in [0.4, 0.5) is 11.4 Å². The summed E-state index contributed by atoms with van der Waals surface area (Å²) in [6, 6.07) is 8.77. The summed E-state index contributed by atoms with van der Waals surface area (Å²) < 4.78 is 1.04. The van der Waals surface area contributed by atoms with Crippen LogP contribution < -0.4 is 11.1 Å². The van der Waals surface area contributed by atoms with Gasteiger partial charge in [0.15, 0.2) is 0 Å². The fraction of sp³-hybridized carbons (Fsp3) is 0.0833. The Morgan fingerprint density at radius 3 is 2.78 bits per heavy atom. The van der Waals surface area contributed by atoms with E-state index in [2.05, 4.69) is 21.2 Å². The lowest BCUT2D eigenvalue weighted by molar-refractivity contribution is 0.0698. The fourth-order valence-electron chi connectivity index (χ4n) is 1.57. The molecule has 0 saturated heterocycles. The number of hydrogen-bond acceptors (Lipinski definition) is 4. The Morgan fingerprint density at radius 2 is 2.17 bits per heavy atom. The summed E-state index contributed by atoms with van der Waals surface area (Å²) in [5.74, 6) is -0.989. The fourth-order valence-corrected chi connectivity index (χ4v) is 2.99. The van der Waals surface area contributed by atoms with Gasteiger partial charge in [0, 0.05) is 11.4 Å². The van der Waals surface area contributed by atoms with Gasteiger partial charge in [-0.15, -0.1) is 11.3 Å². The molecule has 0 unspecified atom stereocenters. The monoisotopic (exact) mass is 326 g/mol. The maximum Gasteiger partial charge on any atom is 0.337 e. The van der Waals surface area contributed by atoms with E-state index in [1.807, 2.05) is 12.1 Å². The van der Waals surface area contributed by atoms with Crippen molar-refractivity contribution in [3.8, 4) is 0 Å². The minimum absolute atomic E-state index is 0.186. The molecule has 1 aromatic heterocycles. The van der Waals surface area contributed by atoms with Crippen LogP contribution in [0.2, 0.25) is 0 Å². The van der Waals surface area contributed by atoms with Crippen molar-refractivity contribution in [3.63, 3.8) is 0 Å². The van der Waals surface area contributed by atoms with Crippen molar-refractivity contribution >= 4 is 44.6 Å². The van der Waals surface area contributed by atoms with Crippen molar-refractivity contribution in [1.82, 2.24) is 0 Å². The number of carboxylic acid groups (broad SMARTS) is 1. The number of carboxylic acids is 1. The van der Waals surface area contributed by atoms with Crippen molar-refractivity contribution < 1.29 is 9.90 Å². The van der Waals surface area contributed by atoms with Crippen LogP contribution in [0.5, 0.6) is 0 Å². The Balaban J connectivity index is 2.20. The maximum atomic E-state index is 11.1. The Labute approximate surface area is 117 Å². The van der Waals surface area contributed by atoms with Gasteiger partial charge in [-0.3, -0.25) is 0 Å². The number of hydrogen-bond donors (Lipinski definition) is 3. The normalized spacial score (nSPS) is 10.3. The first-order chi connectivity index (χ1) is 8.58. The number of nitrogen functional groups attached to an aromatic ring is 1. The number of anilines is 2. The SMILES string of the molecule is Nc1cccc(C(=O)O)c1NCc1ccc(Br)s1. The van der Waals surface area contributed by atoms with Gasteiger partial charge in [0.2, 0.25) is 0 Å². The Bertz CT molecular complexity index is 583.